The first-order valence-corrected chi connectivity index (χ1v) is 8.65. The van der Waals surface area contributed by atoms with E-state index < -0.39 is 17.4 Å². The van der Waals surface area contributed by atoms with Crippen LogP contribution in [0.2, 0.25) is 5.02 Å². The number of carbonyl (C=O) groups excluding carboxylic acids is 1. The first-order valence-electron chi connectivity index (χ1n) is 7.40. The maximum Gasteiger partial charge on any atom is 0.326 e. The van der Waals surface area contributed by atoms with Gasteiger partial charge in [-0.3, -0.25) is 4.79 Å². The highest BCUT2D eigenvalue weighted by Gasteiger charge is 2.32. The van der Waals surface area contributed by atoms with Crippen LogP contribution in [0.15, 0.2) is 29.6 Å². The van der Waals surface area contributed by atoms with Gasteiger partial charge in [0.15, 0.2) is 0 Å². The highest BCUT2D eigenvalue weighted by molar-refractivity contribution is 7.13. The summed E-state index contributed by atoms with van der Waals surface area (Å²) in [7, 11) is 0. The van der Waals surface area contributed by atoms with Crippen molar-refractivity contribution < 1.29 is 14.7 Å². The number of hydrogen-bond acceptors (Lipinski definition) is 4. The maximum atomic E-state index is 12.2. The summed E-state index contributed by atoms with van der Waals surface area (Å²) in [5, 5.41) is 14.9. The summed E-state index contributed by atoms with van der Waals surface area (Å²) in [4.78, 5) is 27.9. The van der Waals surface area contributed by atoms with Crippen LogP contribution in [0.5, 0.6) is 0 Å². The lowest BCUT2D eigenvalue weighted by atomic mass is 9.86. The molecule has 2 N–H and O–H groups in total. The molecule has 5 nitrogen and oxygen atoms in total. The molecule has 1 aromatic heterocycles. The van der Waals surface area contributed by atoms with Gasteiger partial charge >= 0.3 is 5.97 Å². The second-order valence-corrected chi connectivity index (χ2v) is 7.77. The van der Waals surface area contributed by atoms with E-state index in [0.717, 1.165) is 10.6 Å². The van der Waals surface area contributed by atoms with Gasteiger partial charge in [0.2, 0.25) is 5.91 Å². The van der Waals surface area contributed by atoms with Gasteiger partial charge in [0, 0.05) is 10.9 Å². The number of halogens is 1. The largest absolute Gasteiger partial charge is 0.480 e. The zero-order chi connectivity index (χ0) is 17.9. The summed E-state index contributed by atoms with van der Waals surface area (Å²) < 4.78 is 0. The maximum absolute atomic E-state index is 12.2. The van der Waals surface area contributed by atoms with Crippen molar-refractivity contribution in [1.29, 1.82) is 0 Å². The van der Waals surface area contributed by atoms with Crippen molar-refractivity contribution in [3.05, 3.63) is 40.4 Å². The fourth-order valence-corrected chi connectivity index (χ4v) is 3.31. The first-order chi connectivity index (χ1) is 11.2. The van der Waals surface area contributed by atoms with Crippen molar-refractivity contribution in [2.45, 2.75) is 33.2 Å². The molecule has 0 fully saturated rings. The standard InChI is InChI=1S/C17H19ClN2O3S/c1-17(2,3)14(16(22)23)20-13(21)8-10-9-24-15(19-10)11-6-4-5-7-12(11)18/h4-7,9,14H,8H2,1-3H3,(H,20,21)(H,22,23). The number of rotatable bonds is 5. The molecule has 1 aromatic carbocycles. The summed E-state index contributed by atoms with van der Waals surface area (Å²) in [5.41, 5.74) is 0.825. The van der Waals surface area contributed by atoms with Gasteiger partial charge in [0.05, 0.1) is 17.1 Å². The Labute approximate surface area is 149 Å². The van der Waals surface area contributed by atoms with E-state index in [-0.39, 0.29) is 12.3 Å². The number of amides is 1. The third-order valence-electron chi connectivity index (χ3n) is 3.42. The topological polar surface area (TPSA) is 79.3 Å². The SMILES string of the molecule is CC(C)(C)C(NC(=O)Cc1csc(-c2ccccc2Cl)n1)C(=O)O. The molecule has 128 valence electrons. The fraction of sp³-hybridized carbons (Fsp3) is 0.353. The highest BCUT2D eigenvalue weighted by Crippen LogP contribution is 2.30. The van der Waals surface area contributed by atoms with E-state index in [9.17, 15) is 14.7 Å². The molecule has 7 heteroatoms. The number of benzene rings is 1. The van der Waals surface area contributed by atoms with Gasteiger partial charge in [-0.1, -0.05) is 50.6 Å². The molecule has 24 heavy (non-hydrogen) atoms. The Morgan fingerprint density at radius 3 is 2.58 bits per heavy atom. The van der Waals surface area contributed by atoms with Crippen molar-refractivity contribution in [3.8, 4) is 10.6 Å². The number of carboxylic acid groups (broad SMARTS) is 1. The molecule has 1 amide bonds. The second kappa shape index (κ2) is 7.32. The number of carbonyl (C=O) groups is 2. The van der Waals surface area contributed by atoms with E-state index in [4.69, 9.17) is 11.6 Å². The first kappa shape index (κ1) is 18.4. The molecule has 0 aliphatic rings. The number of nitrogens with zero attached hydrogens (tertiary/aromatic N) is 1. The van der Waals surface area contributed by atoms with Crippen LogP contribution >= 0.6 is 22.9 Å². The van der Waals surface area contributed by atoms with Crippen molar-refractivity contribution in [2.24, 2.45) is 5.41 Å². The van der Waals surface area contributed by atoms with Crippen LogP contribution in [0.4, 0.5) is 0 Å². The minimum absolute atomic E-state index is 0.0286. The van der Waals surface area contributed by atoms with Crippen molar-refractivity contribution in [3.63, 3.8) is 0 Å². The number of thiazole rings is 1. The third kappa shape index (κ3) is 4.55. The summed E-state index contributed by atoms with van der Waals surface area (Å²) in [6.07, 6.45) is 0.0286. The lowest BCUT2D eigenvalue weighted by Crippen LogP contribution is -2.49. The van der Waals surface area contributed by atoms with Gasteiger partial charge in [-0.05, 0) is 11.5 Å². The van der Waals surface area contributed by atoms with Crippen LogP contribution in [0.25, 0.3) is 10.6 Å². The van der Waals surface area contributed by atoms with Crippen LogP contribution in [0.1, 0.15) is 26.5 Å². The quantitative estimate of drug-likeness (QED) is 0.847. The Hall–Kier alpha value is -1.92. The predicted molar refractivity (Wildman–Crippen MR) is 95.3 cm³/mol. The number of aromatic nitrogens is 1. The van der Waals surface area contributed by atoms with E-state index in [2.05, 4.69) is 10.3 Å². The monoisotopic (exact) mass is 366 g/mol. The molecule has 0 saturated carbocycles. The average molecular weight is 367 g/mol. The van der Waals surface area contributed by atoms with Crippen LogP contribution < -0.4 is 5.32 Å². The highest BCUT2D eigenvalue weighted by atomic mass is 35.5. The summed E-state index contributed by atoms with van der Waals surface area (Å²) >= 11 is 7.55. The molecule has 0 aliphatic carbocycles. The van der Waals surface area contributed by atoms with Gasteiger partial charge in [0.25, 0.3) is 0 Å². The summed E-state index contributed by atoms with van der Waals surface area (Å²) in [6.45, 7) is 5.30. The smallest absolute Gasteiger partial charge is 0.326 e. The lowest BCUT2D eigenvalue weighted by molar-refractivity contribution is -0.144. The van der Waals surface area contributed by atoms with Gasteiger partial charge in [-0.25, -0.2) is 9.78 Å². The molecule has 2 rings (SSSR count). The number of carboxylic acids is 1. The fourth-order valence-electron chi connectivity index (χ4n) is 2.17. The van der Waals surface area contributed by atoms with E-state index in [1.54, 1.807) is 32.2 Å². The molecular weight excluding hydrogens is 348 g/mol. The second-order valence-electron chi connectivity index (χ2n) is 6.51. The third-order valence-corrected chi connectivity index (χ3v) is 4.67. The molecule has 1 unspecified atom stereocenters. The Morgan fingerprint density at radius 2 is 2.00 bits per heavy atom. The van der Waals surface area contributed by atoms with E-state index in [0.29, 0.717) is 10.7 Å². The summed E-state index contributed by atoms with van der Waals surface area (Å²) in [6, 6.07) is 6.41. The zero-order valence-corrected chi connectivity index (χ0v) is 15.2. The van der Waals surface area contributed by atoms with Crippen molar-refractivity contribution in [1.82, 2.24) is 10.3 Å². The molecule has 0 radical (unpaired) electrons. The molecule has 1 atom stereocenters. The lowest BCUT2D eigenvalue weighted by Gasteiger charge is -2.27. The van der Waals surface area contributed by atoms with Crippen molar-refractivity contribution >= 4 is 34.8 Å². The van der Waals surface area contributed by atoms with Gasteiger partial charge < -0.3 is 10.4 Å². The normalized spacial score (nSPS) is 12.7. The molecule has 0 aliphatic heterocycles. The van der Waals surface area contributed by atoms with Gasteiger partial charge in [-0.15, -0.1) is 11.3 Å². The van der Waals surface area contributed by atoms with Crippen LogP contribution in [0, 0.1) is 5.41 Å². The molecule has 1 heterocycles. The molecule has 0 bridgehead atoms. The zero-order valence-electron chi connectivity index (χ0n) is 13.7. The van der Waals surface area contributed by atoms with Gasteiger partial charge in [-0.2, -0.15) is 0 Å². The van der Waals surface area contributed by atoms with Crippen LogP contribution in [-0.4, -0.2) is 28.0 Å². The van der Waals surface area contributed by atoms with Crippen LogP contribution in [-0.2, 0) is 16.0 Å². The Morgan fingerprint density at radius 1 is 1.33 bits per heavy atom. The number of aliphatic carboxylic acids is 1. The number of nitrogens with one attached hydrogen (secondary N) is 1. The molecule has 0 spiro atoms. The minimum atomic E-state index is -1.05. The Bertz CT molecular complexity index is 752. The predicted octanol–water partition coefficient (Wildman–Crippen LogP) is 3.62. The molecule has 2 aromatic rings. The Kier molecular flexibility index (Phi) is 5.62. The average Bonchev–Trinajstić information content (AvgIpc) is 2.92. The van der Waals surface area contributed by atoms with Gasteiger partial charge in [0.1, 0.15) is 11.0 Å². The van der Waals surface area contributed by atoms with Crippen molar-refractivity contribution in [2.75, 3.05) is 0 Å². The van der Waals surface area contributed by atoms with E-state index in [1.807, 2.05) is 18.2 Å². The molecule has 0 saturated heterocycles. The van der Waals surface area contributed by atoms with E-state index >= 15 is 0 Å². The number of hydrogen-bond donors (Lipinski definition) is 2. The van der Waals surface area contributed by atoms with Crippen LogP contribution in [0.3, 0.4) is 0 Å². The molecular formula is C17H19ClN2O3S. The minimum Gasteiger partial charge on any atom is -0.480 e. The van der Waals surface area contributed by atoms with E-state index in [1.165, 1.54) is 11.3 Å². The summed E-state index contributed by atoms with van der Waals surface area (Å²) in [5.74, 6) is -1.42. The Balaban J connectivity index is 2.08.